The summed E-state index contributed by atoms with van der Waals surface area (Å²) in [4.78, 5) is 17.7. The van der Waals surface area contributed by atoms with Crippen molar-refractivity contribution in [2.24, 2.45) is 11.7 Å². The lowest BCUT2D eigenvalue weighted by atomic mass is 9.79. The van der Waals surface area contributed by atoms with Crippen LogP contribution < -0.4 is 11.3 Å². The van der Waals surface area contributed by atoms with E-state index in [-0.39, 0.29) is 11.6 Å². The largest absolute Gasteiger partial charge is 0.321 e. The molecule has 2 heterocycles. The van der Waals surface area contributed by atoms with Gasteiger partial charge >= 0.3 is 0 Å². The van der Waals surface area contributed by atoms with E-state index < -0.39 is 0 Å². The molecular weight excluding hydrogens is 314 g/mol. The second kappa shape index (κ2) is 5.47. The van der Waals surface area contributed by atoms with Gasteiger partial charge in [-0.2, -0.15) is 5.10 Å². The zero-order chi connectivity index (χ0) is 16.0. The fourth-order valence-electron chi connectivity index (χ4n) is 3.04. The minimum atomic E-state index is -0.295. The first kappa shape index (κ1) is 14.4. The molecule has 2 aromatic heterocycles. The molecule has 1 aromatic carbocycles. The van der Waals surface area contributed by atoms with Crippen LogP contribution >= 0.6 is 11.6 Å². The van der Waals surface area contributed by atoms with Crippen molar-refractivity contribution in [2.45, 2.75) is 25.3 Å². The number of H-pyrrole nitrogens is 1. The highest BCUT2D eigenvalue weighted by atomic mass is 35.5. The summed E-state index contributed by atoms with van der Waals surface area (Å²) in [5, 5.41) is 7.63. The minimum absolute atomic E-state index is 0.238. The van der Waals surface area contributed by atoms with Gasteiger partial charge in [-0.05, 0) is 30.9 Å². The van der Waals surface area contributed by atoms with Crippen molar-refractivity contribution in [1.82, 2.24) is 19.7 Å². The highest BCUT2D eigenvalue weighted by molar-refractivity contribution is 6.35. The zero-order valence-electron chi connectivity index (χ0n) is 12.4. The van der Waals surface area contributed by atoms with Gasteiger partial charge in [-0.15, -0.1) is 0 Å². The summed E-state index contributed by atoms with van der Waals surface area (Å²) < 4.78 is 1.48. The van der Waals surface area contributed by atoms with E-state index in [1.807, 2.05) is 0 Å². The van der Waals surface area contributed by atoms with Gasteiger partial charge in [-0.3, -0.25) is 9.89 Å². The van der Waals surface area contributed by atoms with E-state index in [1.54, 1.807) is 30.5 Å². The van der Waals surface area contributed by atoms with Crippen LogP contribution in [0.25, 0.3) is 16.7 Å². The molecule has 0 radical (unpaired) electrons. The highest BCUT2D eigenvalue weighted by Gasteiger charge is 2.30. The van der Waals surface area contributed by atoms with Gasteiger partial charge in [-0.25, -0.2) is 9.55 Å². The van der Waals surface area contributed by atoms with Gasteiger partial charge in [0.15, 0.2) is 5.82 Å². The quantitative estimate of drug-likeness (QED) is 0.772. The number of nitrogens with zero attached hydrogens (tertiary/aromatic N) is 3. The molecule has 6 nitrogen and oxygen atoms in total. The van der Waals surface area contributed by atoms with Crippen molar-refractivity contribution in [3.63, 3.8) is 0 Å². The van der Waals surface area contributed by atoms with Crippen molar-refractivity contribution in [3.05, 3.63) is 51.7 Å². The van der Waals surface area contributed by atoms with Gasteiger partial charge < -0.3 is 5.73 Å². The summed E-state index contributed by atoms with van der Waals surface area (Å²) in [6.45, 7) is 0. The van der Waals surface area contributed by atoms with Crippen LogP contribution in [0.4, 0.5) is 0 Å². The summed E-state index contributed by atoms with van der Waals surface area (Å²) in [5.41, 5.74) is 6.74. The number of aromatic nitrogens is 4. The normalized spacial score (nSPS) is 16.4. The van der Waals surface area contributed by atoms with Crippen LogP contribution in [0.15, 0.2) is 35.3 Å². The zero-order valence-corrected chi connectivity index (χ0v) is 13.1. The topological polar surface area (TPSA) is 89.6 Å². The fraction of sp³-hybridized carbons (Fsp3) is 0.312. The third-order valence-corrected chi connectivity index (χ3v) is 4.86. The van der Waals surface area contributed by atoms with Crippen LogP contribution in [0, 0.1) is 5.92 Å². The number of aromatic amines is 1. The molecule has 7 heteroatoms. The standard InChI is InChI=1S/C16H16ClN5O/c17-10-5-2-6-11-13(10)16(23)22(12-7-8-19-21-12)15(20-11)14(18)9-3-1-4-9/h2,5-9,14H,1,3-4,18H2,(H,19,21)/t14-/m0/s1. The number of rotatable bonds is 3. The van der Waals surface area contributed by atoms with Crippen LogP contribution in [0.1, 0.15) is 31.1 Å². The van der Waals surface area contributed by atoms with E-state index in [0.717, 1.165) is 12.8 Å². The molecule has 3 N–H and O–H groups in total. The maximum Gasteiger partial charge on any atom is 0.268 e. The van der Waals surface area contributed by atoms with E-state index in [1.165, 1.54) is 11.0 Å². The average molecular weight is 330 g/mol. The Bertz CT molecular complexity index is 914. The molecule has 0 unspecified atom stereocenters. The summed E-state index contributed by atoms with van der Waals surface area (Å²) in [5.74, 6) is 1.37. The van der Waals surface area contributed by atoms with Crippen molar-refractivity contribution in [1.29, 1.82) is 0 Å². The number of benzene rings is 1. The molecule has 4 rings (SSSR count). The van der Waals surface area contributed by atoms with Crippen LogP contribution in [-0.4, -0.2) is 19.7 Å². The van der Waals surface area contributed by atoms with E-state index in [2.05, 4.69) is 15.2 Å². The number of fused-ring (bicyclic) bond motifs is 1. The van der Waals surface area contributed by atoms with Gasteiger partial charge in [0.1, 0.15) is 5.82 Å². The van der Waals surface area contributed by atoms with Crippen molar-refractivity contribution in [3.8, 4) is 5.82 Å². The Hall–Kier alpha value is -2.18. The van der Waals surface area contributed by atoms with Crippen molar-refractivity contribution >= 4 is 22.5 Å². The summed E-state index contributed by atoms with van der Waals surface area (Å²) >= 11 is 6.22. The lowest BCUT2D eigenvalue weighted by Crippen LogP contribution is -2.34. The molecule has 0 spiro atoms. The maximum atomic E-state index is 13.0. The predicted molar refractivity (Wildman–Crippen MR) is 88.8 cm³/mol. The Morgan fingerprint density at radius 1 is 1.35 bits per heavy atom. The third kappa shape index (κ3) is 2.26. The summed E-state index contributed by atoms with van der Waals surface area (Å²) in [6, 6.07) is 6.69. The molecule has 118 valence electrons. The Balaban J connectivity index is 2.03. The monoisotopic (exact) mass is 329 g/mol. The first-order chi connectivity index (χ1) is 11.2. The van der Waals surface area contributed by atoms with E-state index in [0.29, 0.717) is 33.5 Å². The van der Waals surface area contributed by atoms with Gasteiger partial charge in [0.05, 0.1) is 22.0 Å². The van der Waals surface area contributed by atoms with Crippen LogP contribution in [-0.2, 0) is 0 Å². The third-order valence-electron chi connectivity index (χ3n) is 4.54. The molecule has 0 amide bonds. The minimum Gasteiger partial charge on any atom is -0.321 e. The van der Waals surface area contributed by atoms with Gasteiger partial charge in [0.25, 0.3) is 5.56 Å². The van der Waals surface area contributed by atoms with Crippen LogP contribution in [0.2, 0.25) is 5.02 Å². The second-order valence-electron chi connectivity index (χ2n) is 5.89. The Labute approximate surface area is 137 Å². The number of hydrogen-bond donors (Lipinski definition) is 2. The molecule has 0 saturated heterocycles. The fourth-order valence-corrected chi connectivity index (χ4v) is 3.29. The first-order valence-electron chi connectivity index (χ1n) is 7.63. The summed E-state index contributed by atoms with van der Waals surface area (Å²) in [6.07, 6.45) is 4.96. The molecule has 23 heavy (non-hydrogen) atoms. The maximum absolute atomic E-state index is 13.0. The number of nitrogens with two attached hydrogens (primary N) is 1. The number of hydrogen-bond acceptors (Lipinski definition) is 4. The Kier molecular flexibility index (Phi) is 3.43. The Morgan fingerprint density at radius 2 is 2.17 bits per heavy atom. The lowest BCUT2D eigenvalue weighted by Gasteiger charge is -2.31. The SMILES string of the molecule is N[C@H](c1nc2cccc(Cl)c2c(=O)n1-c1cc[nH]n1)C1CCC1. The number of nitrogens with one attached hydrogen (secondary N) is 1. The molecular formula is C16H16ClN5O. The van der Waals surface area contributed by atoms with Gasteiger partial charge in [0, 0.05) is 12.3 Å². The highest BCUT2D eigenvalue weighted by Crippen LogP contribution is 2.36. The lowest BCUT2D eigenvalue weighted by molar-refractivity contribution is 0.255. The van der Waals surface area contributed by atoms with Gasteiger partial charge in [-0.1, -0.05) is 24.1 Å². The summed E-state index contributed by atoms with van der Waals surface area (Å²) in [7, 11) is 0. The van der Waals surface area contributed by atoms with Crippen molar-refractivity contribution < 1.29 is 0 Å². The molecule has 3 aromatic rings. The van der Waals surface area contributed by atoms with Crippen LogP contribution in [0.3, 0.4) is 0 Å². The Morgan fingerprint density at radius 3 is 2.83 bits per heavy atom. The smallest absolute Gasteiger partial charge is 0.268 e. The van der Waals surface area contributed by atoms with E-state index in [9.17, 15) is 4.79 Å². The molecule has 1 saturated carbocycles. The van der Waals surface area contributed by atoms with Crippen molar-refractivity contribution in [2.75, 3.05) is 0 Å². The molecule has 0 aliphatic heterocycles. The predicted octanol–water partition coefficient (Wildman–Crippen LogP) is 2.56. The average Bonchev–Trinajstić information content (AvgIpc) is 2.98. The molecule has 0 bridgehead atoms. The second-order valence-corrected chi connectivity index (χ2v) is 6.30. The molecule has 1 aliphatic rings. The molecule has 1 atom stereocenters. The van der Waals surface area contributed by atoms with E-state index in [4.69, 9.17) is 17.3 Å². The van der Waals surface area contributed by atoms with Gasteiger partial charge in [0.2, 0.25) is 0 Å². The molecule has 1 fully saturated rings. The number of halogens is 1. The van der Waals surface area contributed by atoms with Crippen LogP contribution in [0.5, 0.6) is 0 Å². The van der Waals surface area contributed by atoms with E-state index >= 15 is 0 Å². The first-order valence-corrected chi connectivity index (χ1v) is 8.01. The molecule has 1 aliphatic carbocycles.